The molecule has 0 saturated heterocycles. The molecule has 0 bridgehead atoms. The Morgan fingerprint density at radius 1 is 1.31 bits per heavy atom. The number of halogens is 1. The van der Waals surface area contributed by atoms with Crippen LogP contribution in [-0.2, 0) is 6.42 Å². The second-order valence-electron chi connectivity index (χ2n) is 4.40. The molecule has 3 heteroatoms. The molecule has 0 radical (unpaired) electrons. The summed E-state index contributed by atoms with van der Waals surface area (Å²) in [5.74, 6) is 0.141. The van der Waals surface area contributed by atoms with Crippen molar-refractivity contribution in [1.29, 1.82) is 0 Å². The van der Waals surface area contributed by atoms with Crippen LogP contribution in [0.25, 0.3) is 0 Å². The largest absolute Gasteiger partial charge is 0.493 e. The Kier molecular flexibility index (Phi) is 4.30. The van der Waals surface area contributed by atoms with Gasteiger partial charge in [0.15, 0.2) is 11.6 Å². The lowest BCUT2D eigenvalue weighted by Gasteiger charge is -2.15. The third kappa shape index (κ3) is 2.95. The molecule has 0 amide bonds. The molecule has 90 valence electrons. The van der Waals surface area contributed by atoms with Crippen molar-refractivity contribution < 1.29 is 14.2 Å². The standard InChI is InChI=1S/C13H19FO2/c1-8(2)10-6-11(5-9(3)15)13(16-4)12(14)7-10/h6-9,15H,5H2,1-4H3. The Balaban J connectivity index is 3.19. The number of hydrogen-bond acceptors (Lipinski definition) is 2. The van der Waals surface area contributed by atoms with Crippen molar-refractivity contribution in [2.75, 3.05) is 7.11 Å². The highest BCUT2D eigenvalue weighted by atomic mass is 19.1. The zero-order chi connectivity index (χ0) is 12.3. The molecule has 1 unspecified atom stereocenters. The van der Waals surface area contributed by atoms with Crippen LogP contribution in [0.15, 0.2) is 12.1 Å². The van der Waals surface area contributed by atoms with Gasteiger partial charge in [-0.2, -0.15) is 0 Å². The van der Waals surface area contributed by atoms with E-state index >= 15 is 0 Å². The van der Waals surface area contributed by atoms with Crippen molar-refractivity contribution >= 4 is 0 Å². The van der Waals surface area contributed by atoms with Gasteiger partial charge in [0.25, 0.3) is 0 Å². The fraction of sp³-hybridized carbons (Fsp3) is 0.538. The molecular weight excluding hydrogens is 207 g/mol. The lowest BCUT2D eigenvalue weighted by atomic mass is 9.97. The van der Waals surface area contributed by atoms with E-state index in [1.807, 2.05) is 19.9 Å². The number of benzene rings is 1. The van der Waals surface area contributed by atoms with Gasteiger partial charge in [-0.3, -0.25) is 0 Å². The smallest absolute Gasteiger partial charge is 0.165 e. The normalized spacial score (nSPS) is 12.9. The molecule has 2 nitrogen and oxygen atoms in total. The predicted octanol–water partition coefficient (Wildman–Crippen LogP) is 2.88. The van der Waals surface area contributed by atoms with Gasteiger partial charge in [-0.1, -0.05) is 19.9 Å². The van der Waals surface area contributed by atoms with E-state index in [4.69, 9.17) is 4.74 Å². The van der Waals surface area contributed by atoms with E-state index in [0.29, 0.717) is 6.42 Å². The fourth-order valence-electron chi connectivity index (χ4n) is 1.71. The van der Waals surface area contributed by atoms with Gasteiger partial charge in [0, 0.05) is 6.42 Å². The van der Waals surface area contributed by atoms with E-state index in [1.165, 1.54) is 13.2 Å². The van der Waals surface area contributed by atoms with Crippen LogP contribution in [0, 0.1) is 5.82 Å². The molecule has 0 spiro atoms. The minimum atomic E-state index is -0.504. The summed E-state index contributed by atoms with van der Waals surface area (Å²) in [7, 11) is 1.44. The van der Waals surface area contributed by atoms with Crippen molar-refractivity contribution in [3.8, 4) is 5.75 Å². The molecule has 0 saturated carbocycles. The van der Waals surface area contributed by atoms with Crippen LogP contribution >= 0.6 is 0 Å². The zero-order valence-electron chi connectivity index (χ0n) is 10.2. The topological polar surface area (TPSA) is 29.5 Å². The highest BCUT2D eigenvalue weighted by Crippen LogP contribution is 2.28. The van der Waals surface area contributed by atoms with Crippen molar-refractivity contribution in [3.05, 3.63) is 29.1 Å². The lowest BCUT2D eigenvalue weighted by Crippen LogP contribution is -2.08. The summed E-state index contributed by atoms with van der Waals surface area (Å²) in [5, 5.41) is 9.37. The van der Waals surface area contributed by atoms with E-state index in [2.05, 4.69) is 0 Å². The molecule has 0 fully saturated rings. The minimum absolute atomic E-state index is 0.241. The van der Waals surface area contributed by atoms with E-state index < -0.39 is 6.10 Å². The van der Waals surface area contributed by atoms with E-state index in [0.717, 1.165) is 11.1 Å². The summed E-state index contributed by atoms with van der Waals surface area (Å²) in [6, 6.07) is 3.40. The van der Waals surface area contributed by atoms with Crippen molar-refractivity contribution in [3.63, 3.8) is 0 Å². The van der Waals surface area contributed by atoms with Gasteiger partial charge < -0.3 is 9.84 Å². The summed E-state index contributed by atoms with van der Waals surface area (Å²) in [5.41, 5.74) is 1.65. The first-order valence-electron chi connectivity index (χ1n) is 5.50. The number of aliphatic hydroxyl groups excluding tert-OH is 1. The second kappa shape index (κ2) is 5.30. The average Bonchev–Trinajstić information content (AvgIpc) is 2.16. The minimum Gasteiger partial charge on any atom is -0.493 e. The van der Waals surface area contributed by atoms with Crippen molar-refractivity contribution in [2.45, 2.75) is 39.2 Å². The van der Waals surface area contributed by atoms with Crippen LogP contribution in [0.3, 0.4) is 0 Å². The quantitative estimate of drug-likeness (QED) is 0.855. The SMILES string of the molecule is COc1c(F)cc(C(C)C)cc1CC(C)O. The number of methoxy groups -OCH3 is 1. The van der Waals surface area contributed by atoms with Crippen molar-refractivity contribution in [2.24, 2.45) is 0 Å². The maximum atomic E-state index is 13.7. The number of rotatable bonds is 4. The third-order valence-corrected chi connectivity index (χ3v) is 2.53. The van der Waals surface area contributed by atoms with Gasteiger partial charge in [0.2, 0.25) is 0 Å². The molecule has 0 aliphatic rings. The maximum absolute atomic E-state index is 13.7. The highest BCUT2D eigenvalue weighted by Gasteiger charge is 2.14. The van der Waals surface area contributed by atoms with Crippen LogP contribution in [0.4, 0.5) is 4.39 Å². The first-order chi connectivity index (χ1) is 7.45. The van der Waals surface area contributed by atoms with Gasteiger partial charge in [0.1, 0.15) is 0 Å². The monoisotopic (exact) mass is 226 g/mol. The molecular formula is C13H19FO2. The van der Waals surface area contributed by atoms with Crippen LogP contribution in [0.5, 0.6) is 5.75 Å². The summed E-state index contributed by atoms with van der Waals surface area (Å²) in [6.07, 6.45) is -0.101. The predicted molar refractivity (Wildman–Crippen MR) is 62.4 cm³/mol. The highest BCUT2D eigenvalue weighted by molar-refractivity contribution is 5.40. The third-order valence-electron chi connectivity index (χ3n) is 2.53. The Morgan fingerprint density at radius 2 is 1.94 bits per heavy atom. The Bertz CT molecular complexity index is 359. The van der Waals surface area contributed by atoms with Crippen molar-refractivity contribution in [1.82, 2.24) is 0 Å². The zero-order valence-corrected chi connectivity index (χ0v) is 10.2. The van der Waals surface area contributed by atoms with Gasteiger partial charge in [-0.15, -0.1) is 0 Å². The molecule has 1 aromatic carbocycles. The average molecular weight is 226 g/mol. The lowest BCUT2D eigenvalue weighted by molar-refractivity contribution is 0.193. The second-order valence-corrected chi connectivity index (χ2v) is 4.40. The molecule has 1 rings (SSSR count). The molecule has 1 N–H and O–H groups in total. The first kappa shape index (κ1) is 13.0. The Morgan fingerprint density at radius 3 is 2.38 bits per heavy atom. The molecule has 0 heterocycles. The fourth-order valence-corrected chi connectivity index (χ4v) is 1.71. The number of hydrogen-bond donors (Lipinski definition) is 1. The molecule has 0 aromatic heterocycles. The molecule has 1 atom stereocenters. The summed E-state index contributed by atoms with van der Waals surface area (Å²) >= 11 is 0. The van der Waals surface area contributed by atoms with Crippen LogP contribution in [0.1, 0.15) is 37.8 Å². The van der Waals surface area contributed by atoms with Crippen LogP contribution in [-0.4, -0.2) is 18.3 Å². The number of ether oxygens (including phenoxy) is 1. The van der Waals surface area contributed by atoms with E-state index in [-0.39, 0.29) is 17.5 Å². The number of aliphatic hydroxyl groups is 1. The first-order valence-corrected chi connectivity index (χ1v) is 5.50. The molecule has 0 aliphatic carbocycles. The van der Waals surface area contributed by atoms with Gasteiger partial charge >= 0.3 is 0 Å². The Hall–Kier alpha value is -1.09. The molecule has 1 aromatic rings. The molecule has 16 heavy (non-hydrogen) atoms. The van der Waals surface area contributed by atoms with E-state index in [1.54, 1.807) is 6.92 Å². The van der Waals surface area contributed by atoms with Gasteiger partial charge in [-0.25, -0.2) is 4.39 Å². The molecule has 0 aliphatic heterocycles. The van der Waals surface area contributed by atoms with Gasteiger partial charge in [-0.05, 0) is 30.0 Å². The van der Waals surface area contributed by atoms with Crippen LogP contribution in [0.2, 0.25) is 0 Å². The summed E-state index contributed by atoms with van der Waals surface area (Å²) in [4.78, 5) is 0. The summed E-state index contributed by atoms with van der Waals surface area (Å²) in [6.45, 7) is 5.69. The van der Waals surface area contributed by atoms with E-state index in [9.17, 15) is 9.50 Å². The van der Waals surface area contributed by atoms with Gasteiger partial charge in [0.05, 0.1) is 13.2 Å². The van der Waals surface area contributed by atoms with Crippen LogP contribution < -0.4 is 4.74 Å². The summed E-state index contributed by atoms with van der Waals surface area (Å²) < 4.78 is 18.7. The Labute approximate surface area is 96.1 Å². The maximum Gasteiger partial charge on any atom is 0.165 e.